The number of carboxylic acids is 1. The third-order valence-corrected chi connectivity index (χ3v) is 3.63. The molecule has 0 fully saturated rings. The first-order valence-corrected chi connectivity index (χ1v) is 7.05. The molecule has 0 bridgehead atoms. The fourth-order valence-corrected chi connectivity index (χ4v) is 1.66. The number of carbonyl (C=O) groups is 1. The molecule has 1 aromatic carbocycles. The topological polar surface area (TPSA) is 74.7 Å². The highest BCUT2D eigenvalue weighted by Crippen LogP contribution is 2.09. The van der Waals surface area contributed by atoms with Crippen molar-refractivity contribution < 1.29 is 18.3 Å². The van der Waals surface area contributed by atoms with Crippen molar-refractivity contribution in [2.24, 2.45) is 0 Å². The van der Waals surface area contributed by atoms with Gasteiger partial charge in [-0.1, -0.05) is 24.3 Å². The van der Waals surface area contributed by atoms with E-state index >= 15 is 0 Å². The highest BCUT2D eigenvalue weighted by Gasteiger charge is 2.10. The highest BCUT2D eigenvalue weighted by molar-refractivity contribution is 7.88. The Morgan fingerprint density at radius 3 is 2.33 bits per heavy atom. The summed E-state index contributed by atoms with van der Waals surface area (Å²) < 4.78 is 23.7. The predicted octanol–water partition coefficient (Wildman–Crippen LogP) is 1.18. The van der Waals surface area contributed by atoms with E-state index in [0.717, 1.165) is 23.5 Å². The van der Waals surface area contributed by atoms with Crippen LogP contribution in [0.4, 0.5) is 0 Å². The van der Waals surface area contributed by atoms with Crippen LogP contribution in [0, 0.1) is 0 Å². The maximum Gasteiger partial charge on any atom is 0.328 e. The Hall–Kier alpha value is -1.66. The Morgan fingerprint density at radius 2 is 1.89 bits per heavy atom. The van der Waals surface area contributed by atoms with Gasteiger partial charge in [0.2, 0.25) is 10.0 Å². The summed E-state index contributed by atoms with van der Waals surface area (Å²) in [5.41, 5.74) is 1.60. The molecule has 0 heterocycles. The first kappa shape index (κ1) is 14.4. The summed E-state index contributed by atoms with van der Waals surface area (Å²) in [6.07, 6.45) is 3.68. The minimum absolute atomic E-state index is 0.293. The SMILES string of the molecule is CN(Cc1ccc(/C=C/C(=O)O)cc1)S(C)(=O)=O. The molecule has 0 radical (unpaired) electrons. The van der Waals surface area contributed by atoms with Gasteiger partial charge in [-0.15, -0.1) is 0 Å². The molecule has 1 N–H and O–H groups in total. The van der Waals surface area contributed by atoms with E-state index in [-0.39, 0.29) is 0 Å². The van der Waals surface area contributed by atoms with Gasteiger partial charge >= 0.3 is 5.97 Å². The zero-order valence-electron chi connectivity index (χ0n) is 10.2. The van der Waals surface area contributed by atoms with Gasteiger partial charge in [-0.25, -0.2) is 17.5 Å². The van der Waals surface area contributed by atoms with Crippen LogP contribution >= 0.6 is 0 Å². The lowest BCUT2D eigenvalue weighted by molar-refractivity contribution is -0.131. The first-order chi connectivity index (χ1) is 8.29. The van der Waals surface area contributed by atoms with Crippen LogP contribution in [0.3, 0.4) is 0 Å². The van der Waals surface area contributed by atoms with Crippen LogP contribution in [-0.2, 0) is 21.4 Å². The summed E-state index contributed by atoms with van der Waals surface area (Å²) in [5.74, 6) is -1.00. The summed E-state index contributed by atoms with van der Waals surface area (Å²) in [4.78, 5) is 10.3. The van der Waals surface area contributed by atoms with Gasteiger partial charge in [0.15, 0.2) is 0 Å². The largest absolute Gasteiger partial charge is 0.478 e. The van der Waals surface area contributed by atoms with Crippen molar-refractivity contribution in [3.8, 4) is 0 Å². The third kappa shape index (κ3) is 4.68. The molecule has 5 nitrogen and oxygen atoms in total. The van der Waals surface area contributed by atoms with Crippen LogP contribution < -0.4 is 0 Å². The smallest absolute Gasteiger partial charge is 0.328 e. The fourth-order valence-electron chi connectivity index (χ4n) is 1.28. The molecule has 0 aliphatic rings. The molecule has 1 aromatic rings. The van der Waals surface area contributed by atoms with Gasteiger partial charge in [0.05, 0.1) is 6.26 Å². The lowest BCUT2D eigenvalue weighted by Gasteiger charge is -2.13. The number of carboxylic acid groups (broad SMARTS) is 1. The minimum atomic E-state index is -3.19. The van der Waals surface area contributed by atoms with Crippen LogP contribution in [0.5, 0.6) is 0 Å². The molecule has 6 heteroatoms. The van der Waals surface area contributed by atoms with Crippen molar-refractivity contribution in [2.75, 3.05) is 13.3 Å². The molecule has 0 aromatic heterocycles. The molecule has 0 spiro atoms. The average molecular weight is 269 g/mol. The van der Waals surface area contributed by atoms with Crippen molar-refractivity contribution in [2.45, 2.75) is 6.54 Å². The number of sulfonamides is 1. The van der Waals surface area contributed by atoms with Gasteiger partial charge in [0.25, 0.3) is 0 Å². The second-order valence-electron chi connectivity index (χ2n) is 3.93. The fraction of sp³-hybridized carbons (Fsp3) is 0.250. The second-order valence-corrected chi connectivity index (χ2v) is 6.02. The second kappa shape index (κ2) is 5.79. The maximum atomic E-state index is 11.2. The quantitative estimate of drug-likeness (QED) is 0.814. The number of aliphatic carboxylic acids is 1. The summed E-state index contributed by atoms with van der Waals surface area (Å²) in [6.45, 7) is 0.293. The van der Waals surface area contributed by atoms with Crippen LogP contribution in [0.2, 0.25) is 0 Å². The number of benzene rings is 1. The van der Waals surface area contributed by atoms with Crippen LogP contribution in [-0.4, -0.2) is 37.1 Å². The standard InChI is InChI=1S/C12H15NO4S/c1-13(18(2,16)17)9-11-5-3-10(4-6-11)7-8-12(14)15/h3-8H,9H2,1-2H3,(H,14,15)/b8-7+. The van der Waals surface area contributed by atoms with Gasteiger partial charge in [0, 0.05) is 19.7 Å². The molecular weight excluding hydrogens is 254 g/mol. The molecule has 0 aliphatic carbocycles. The molecule has 0 unspecified atom stereocenters. The summed E-state index contributed by atoms with van der Waals surface area (Å²) in [6, 6.07) is 7.02. The zero-order valence-corrected chi connectivity index (χ0v) is 11.0. The Bertz CT molecular complexity index is 546. The average Bonchev–Trinajstić information content (AvgIpc) is 2.26. The monoisotopic (exact) mass is 269 g/mol. The van der Waals surface area contributed by atoms with Crippen molar-refractivity contribution in [1.29, 1.82) is 0 Å². The molecular formula is C12H15NO4S. The zero-order chi connectivity index (χ0) is 13.8. The summed E-state index contributed by atoms with van der Waals surface area (Å²) >= 11 is 0. The molecule has 98 valence electrons. The lowest BCUT2D eigenvalue weighted by Crippen LogP contribution is -2.24. The van der Waals surface area contributed by atoms with E-state index in [1.165, 1.54) is 17.4 Å². The van der Waals surface area contributed by atoms with Crippen molar-refractivity contribution in [3.05, 3.63) is 41.5 Å². The van der Waals surface area contributed by atoms with Crippen LogP contribution in [0.15, 0.2) is 30.3 Å². The van der Waals surface area contributed by atoms with Gasteiger partial charge in [-0.3, -0.25) is 0 Å². The Labute approximate surface area is 106 Å². The van der Waals surface area contributed by atoms with E-state index in [4.69, 9.17) is 5.11 Å². The Kier molecular flexibility index (Phi) is 4.63. The van der Waals surface area contributed by atoms with E-state index in [1.54, 1.807) is 24.3 Å². The number of nitrogens with zero attached hydrogens (tertiary/aromatic N) is 1. The first-order valence-electron chi connectivity index (χ1n) is 5.20. The van der Waals surface area contributed by atoms with Crippen molar-refractivity contribution in [1.82, 2.24) is 4.31 Å². The molecule has 1 rings (SSSR count). The number of hydrogen-bond acceptors (Lipinski definition) is 3. The Balaban J connectivity index is 2.75. The number of rotatable bonds is 5. The van der Waals surface area contributed by atoms with Crippen LogP contribution in [0.1, 0.15) is 11.1 Å². The Morgan fingerprint density at radius 1 is 1.33 bits per heavy atom. The molecule has 18 heavy (non-hydrogen) atoms. The van der Waals surface area contributed by atoms with Crippen molar-refractivity contribution in [3.63, 3.8) is 0 Å². The maximum absolute atomic E-state index is 11.2. The predicted molar refractivity (Wildman–Crippen MR) is 69.4 cm³/mol. The molecule has 0 saturated heterocycles. The van der Waals surface area contributed by atoms with E-state index in [9.17, 15) is 13.2 Å². The molecule has 0 aliphatic heterocycles. The molecule has 0 atom stereocenters. The molecule has 0 amide bonds. The third-order valence-electron chi connectivity index (χ3n) is 2.37. The van der Waals surface area contributed by atoms with E-state index in [0.29, 0.717) is 6.54 Å². The van der Waals surface area contributed by atoms with Crippen molar-refractivity contribution >= 4 is 22.1 Å². The van der Waals surface area contributed by atoms with E-state index in [2.05, 4.69) is 0 Å². The van der Waals surface area contributed by atoms with Gasteiger partial charge < -0.3 is 5.11 Å². The molecule has 0 saturated carbocycles. The van der Waals surface area contributed by atoms with Crippen LogP contribution in [0.25, 0.3) is 6.08 Å². The van der Waals surface area contributed by atoms with Gasteiger partial charge in [-0.2, -0.15) is 0 Å². The summed E-state index contributed by atoms with van der Waals surface area (Å²) in [5, 5.41) is 8.48. The lowest BCUT2D eigenvalue weighted by atomic mass is 10.1. The van der Waals surface area contributed by atoms with Gasteiger partial charge in [-0.05, 0) is 17.2 Å². The van der Waals surface area contributed by atoms with E-state index < -0.39 is 16.0 Å². The minimum Gasteiger partial charge on any atom is -0.478 e. The highest BCUT2D eigenvalue weighted by atomic mass is 32.2. The number of hydrogen-bond donors (Lipinski definition) is 1. The van der Waals surface area contributed by atoms with Gasteiger partial charge in [0.1, 0.15) is 0 Å². The van der Waals surface area contributed by atoms with E-state index in [1.807, 2.05) is 0 Å². The normalized spacial score (nSPS) is 12.2. The summed E-state index contributed by atoms with van der Waals surface area (Å²) in [7, 11) is -1.68.